The second kappa shape index (κ2) is 6.26. The van der Waals surface area contributed by atoms with Crippen molar-refractivity contribution in [2.45, 2.75) is 45.6 Å². The van der Waals surface area contributed by atoms with Gasteiger partial charge in [-0.3, -0.25) is 9.59 Å². The van der Waals surface area contributed by atoms with Crippen LogP contribution in [0.2, 0.25) is 0 Å². The molecule has 114 valence electrons. The van der Waals surface area contributed by atoms with Crippen LogP contribution >= 0.6 is 0 Å². The first kappa shape index (κ1) is 15.5. The molecule has 4 atom stereocenters. The molecule has 0 bridgehead atoms. The van der Waals surface area contributed by atoms with Crippen LogP contribution in [-0.4, -0.2) is 40.1 Å². The molecule has 0 radical (unpaired) electrons. The quantitative estimate of drug-likeness (QED) is 0.657. The van der Waals surface area contributed by atoms with Crippen LogP contribution in [0.1, 0.15) is 26.3 Å². The van der Waals surface area contributed by atoms with E-state index in [1.165, 1.54) is 6.92 Å². The number of nitrogens with zero attached hydrogens (tertiary/aromatic N) is 1. The molecule has 1 saturated heterocycles. The van der Waals surface area contributed by atoms with E-state index in [1.54, 1.807) is 18.7 Å². The summed E-state index contributed by atoms with van der Waals surface area (Å²) >= 11 is 0. The van der Waals surface area contributed by atoms with Gasteiger partial charge in [-0.25, -0.2) is 0 Å². The molecule has 1 fully saturated rings. The van der Waals surface area contributed by atoms with E-state index in [2.05, 4.69) is 0 Å². The maximum absolute atomic E-state index is 12.3. The van der Waals surface area contributed by atoms with Crippen molar-refractivity contribution >= 4 is 11.9 Å². The summed E-state index contributed by atoms with van der Waals surface area (Å²) in [6.07, 6.45) is -1.20. The molecule has 1 aromatic rings. The summed E-state index contributed by atoms with van der Waals surface area (Å²) in [5.41, 5.74) is 1.01. The van der Waals surface area contributed by atoms with Crippen LogP contribution in [0.3, 0.4) is 0 Å². The molecule has 0 spiro atoms. The second-order valence-electron chi connectivity index (χ2n) is 5.52. The topological polar surface area (TPSA) is 66.8 Å². The van der Waals surface area contributed by atoms with E-state index in [1.807, 2.05) is 30.3 Å². The van der Waals surface area contributed by atoms with E-state index in [9.17, 15) is 14.7 Å². The lowest BCUT2D eigenvalue weighted by atomic mass is 9.80. The van der Waals surface area contributed by atoms with Crippen molar-refractivity contribution in [2.75, 3.05) is 0 Å². The number of esters is 1. The van der Waals surface area contributed by atoms with E-state index in [0.717, 1.165) is 5.56 Å². The van der Waals surface area contributed by atoms with Crippen LogP contribution in [-0.2, 0) is 20.9 Å². The summed E-state index contributed by atoms with van der Waals surface area (Å²) in [5.74, 6) is -0.975. The summed E-state index contributed by atoms with van der Waals surface area (Å²) in [6, 6.07) is 9.29. The van der Waals surface area contributed by atoms with E-state index >= 15 is 0 Å². The fourth-order valence-corrected chi connectivity index (χ4v) is 2.93. The number of ether oxygens (including phenoxy) is 1. The fraction of sp³-hybridized carbons (Fsp3) is 0.500. The van der Waals surface area contributed by atoms with Crippen LogP contribution in [0.4, 0.5) is 0 Å². The summed E-state index contributed by atoms with van der Waals surface area (Å²) < 4.78 is 5.11. The van der Waals surface area contributed by atoms with Crippen LogP contribution < -0.4 is 0 Å². The Hall–Kier alpha value is -1.88. The number of carbonyl (C=O) groups is 2. The highest BCUT2D eigenvalue weighted by atomic mass is 16.5. The monoisotopic (exact) mass is 291 g/mol. The first-order chi connectivity index (χ1) is 9.91. The number of aliphatic hydroxyl groups is 1. The number of hydrogen-bond donors (Lipinski definition) is 1. The van der Waals surface area contributed by atoms with Crippen molar-refractivity contribution < 1.29 is 19.4 Å². The van der Waals surface area contributed by atoms with Gasteiger partial charge in [-0.05, 0) is 19.4 Å². The number of amides is 1. The van der Waals surface area contributed by atoms with Crippen molar-refractivity contribution in [1.29, 1.82) is 0 Å². The maximum Gasteiger partial charge on any atom is 0.302 e. The highest BCUT2D eigenvalue weighted by Crippen LogP contribution is 2.34. The molecule has 1 heterocycles. The molecule has 1 aromatic carbocycles. The summed E-state index contributed by atoms with van der Waals surface area (Å²) in [6.45, 7) is 5.12. The third-order valence-corrected chi connectivity index (χ3v) is 3.84. The number of rotatable bonds is 5. The van der Waals surface area contributed by atoms with E-state index in [-0.39, 0.29) is 11.9 Å². The standard InChI is InChI=1S/C16H21NO4/c1-10(18)15-14(11(2)21-12(3)19)16(20)17(15)9-13-7-5-4-6-8-13/h4-8,10-11,14-15,18H,9H2,1-3H3/t10-,11+,14+,15+/m0/s1. The normalized spacial score (nSPS) is 24.2. The lowest BCUT2D eigenvalue weighted by molar-refractivity contribution is -0.180. The summed E-state index contributed by atoms with van der Waals surface area (Å²) in [5, 5.41) is 9.96. The van der Waals surface area contributed by atoms with Gasteiger partial charge in [0.1, 0.15) is 6.10 Å². The third-order valence-electron chi connectivity index (χ3n) is 3.84. The number of carbonyl (C=O) groups excluding carboxylic acids is 2. The molecule has 1 N–H and O–H groups in total. The van der Waals surface area contributed by atoms with Gasteiger partial charge in [0.15, 0.2) is 0 Å². The van der Waals surface area contributed by atoms with Crippen LogP contribution in [0, 0.1) is 5.92 Å². The molecule has 0 saturated carbocycles. The molecule has 1 amide bonds. The maximum atomic E-state index is 12.3. The average molecular weight is 291 g/mol. The fourth-order valence-electron chi connectivity index (χ4n) is 2.93. The predicted octanol–water partition coefficient (Wildman–Crippen LogP) is 1.35. The Bertz CT molecular complexity index is 514. The Morgan fingerprint density at radius 2 is 1.95 bits per heavy atom. The van der Waals surface area contributed by atoms with Gasteiger partial charge in [0.05, 0.1) is 18.1 Å². The Morgan fingerprint density at radius 1 is 1.33 bits per heavy atom. The Kier molecular flexibility index (Phi) is 4.63. The number of β-lactam (4-membered cyclic amide) rings is 1. The minimum Gasteiger partial charge on any atom is -0.462 e. The molecule has 1 aliphatic heterocycles. The zero-order valence-corrected chi connectivity index (χ0v) is 12.5. The Balaban J connectivity index is 2.10. The Labute approximate surface area is 124 Å². The van der Waals surface area contributed by atoms with Crippen LogP contribution in [0.25, 0.3) is 0 Å². The van der Waals surface area contributed by atoms with Gasteiger partial charge in [0.2, 0.25) is 5.91 Å². The molecular weight excluding hydrogens is 270 g/mol. The van der Waals surface area contributed by atoms with Gasteiger partial charge < -0.3 is 14.7 Å². The van der Waals surface area contributed by atoms with E-state index in [4.69, 9.17) is 4.74 Å². The highest BCUT2D eigenvalue weighted by Gasteiger charge is 2.52. The van der Waals surface area contributed by atoms with Crippen molar-refractivity contribution in [1.82, 2.24) is 4.90 Å². The van der Waals surface area contributed by atoms with Gasteiger partial charge in [-0.15, -0.1) is 0 Å². The zero-order chi connectivity index (χ0) is 15.6. The number of likely N-dealkylation sites (tertiary alicyclic amines) is 1. The molecule has 0 unspecified atom stereocenters. The van der Waals surface area contributed by atoms with E-state index < -0.39 is 24.1 Å². The van der Waals surface area contributed by atoms with Gasteiger partial charge in [-0.2, -0.15) is 0 Å². The second-order valence-corrected chi connectivity index (χ2v) is 5.52. The van der Waals surface area contributed by atoms with Gasteiger partial charge >= 0.3 is 5.97 Å². The summed E-state index contributed by atoms with van der Waals surface area (Å²) in [4.78, 5) is 25.0. The van der Waals surface area contributed by atoms with Gasteiger partial charge in [0.25, 0.3) is 0 Å². The van der Waals surface area contributed by atoms with Crippen molar-refractivity contribution in [3.63, 3.8) is 0 Å². The molecule has 2 rings (SSSR count). The minimum atomic E-state index is -0.672. The molecule has 5 heteroatoms. The molecule has 0 aliphatic carbocycles. The van der Waals surface area contributed by atoms with Crippen LogP contribution in [0.15, 0.2) is 30.3 Å². The smallest absolute Gasteiger partial charge is 0.302 e. The lowest BCUT2D eigenvalue weighted by Gasteiger charge is -2.50. The van der Waals surface area contributed by atoms with Crippen LogP contribution in [0.5, 0.6) is 0 Å². The number of benzene rings is 1. The Morgan fingerprint density at radius 3 is 2.48 bits per heavy atom. The molecule has 0 aromatic heterocycles. The highest BCUT2D eigenvalue weighted by molar-refractivity contribution is 5.87. The van der Waals surface area contributed by atoms with Crippen molar-refractivity contribution in [3.8, 4) is 0 Å². The third kappa shape index (κ3) is 3.24. The van der Waals surface area contributed by atoms with Gasteiger partial charge in [-0.1, -0.05) is 30.3 Å². The average Bonchev–Trinajstić information content (AvgIpc) is 2.41. The first-order valence-electron chi connectivity index (χ1n) is 7.11. The molecule has 1 aliphatic rings. The van der Waals surface area contributed by atoms with Gasteiger partial charge in [0, 0.05) is 13.5 Å². The molecular formula is C16H21NO4. The van der Waals surface area contributed by atoms with E-state index in [0.29, 0.717) is 6.54 Å². The van der Waals surface area contributed by atoms with Crippen molar-refractivity contribution in [3.05, 3.63) is 35.9 Å². The summed E-state index contributed by atoms with van der Waals surface area (Å²) in [7, 11) is 0. The molecule has 21 heavy (non-hydrogen) atoms. The molecule has 5 nitrogen and oxygen atoms in total. The number of hydrogen-bond acceptors (Lipinski definition) is 4. The minimum absolute atomic E-state index is 0.0847. The lowest BCUT2D eigenvalue weighted by Crippen LogP contribution is -2.67. The SMILES string of the molecule is CC(=O)O[C@H](C)[C@H]1C(=O)N(Cc2ccccc2)[C@@H]1[C@H](C)O. The number of aliphatic hydroxyl groups excluding tert-OH is 1. The first-order valence-corrected chi connectivity index (χ1v) is 7.11. The zero-order valence-electron chi connectivity index (χ0n) is 12.5. The predicted molar refractivity (Wildman–Crippen MR) is 77.2 cm³/mol. The van der Waals surface area contributed by atoms with Crippen molar-refractivity contribution in [2.24, 2.45) is 5.92 Å². The largest absolute Gasteiger partial charge is 0.462 e.